The summed E-state index contributed by atoms with van der Waals surface area (Å²) in [5, 5.41) is 2.53. The first kappa shape index (κ1) is 20.3. The minimum atomic E-state index is -0.787. The quantitative estimate of drug-likeness (QED) is 0.565. The maximum absolute atomic E-state index is 12.5. The third kappa shape index (κ3) is 3.79. The van der Waals surface area contributed by atoms with Crippen molar-refractivity contribution in [2.45, 2.75) is 18.9 Å². The van der Waals surface area contributed by atoms with Gasteiger partial charge in [0, 0.05) is 19.3 Å². The van der Waals surface area contributed by atoms with Crippen LogP contribution in [0.5, 0.6) is 0 Å². The predicted molar refractivity (Wildman–Crippen MR) is 105 cm³/mol. The van der Waals surface area contributed by atoms with Gasteiger partial charge in [-0.2, -0.15) is 0 Å². The highest BCUT2D eigenvalue weighted by molar-refractivity contribution is 6.21. The van der Waals surface area contributed by atoms with Crippen molar-refractivity contribution in [2.75, 3.05) is 25.5 Å². The molecule has 0 spiro atoms. The van der Waals surface area contributed by atoms with Gasteiger partial charge in [0.05, 0.1) is 17.4 Å². The summed E-state index contributed by atoms with van der Waals surface area (Å²) in [6.07, 6.45) is 2.44. The zero-order valence-corrected chi connectivity index (χ0v) is 16.6. The number of nitrogens with zero attached hydrogens (tertiary/aromatic N) is 2. The standard InChI is InChI=1S/C21H19N3O7/c1-23-18(26)13-7-6-12(10-14(13)19(23)27)22-17(25)11-31-21(29)15-4-2-8-24(15)20(28)16-5-3-9-30-16/h3,5-7,9-10,15H,2,4,8,11H2,1H3,(H,22,25)/t15-/m0/s1. The van der Waals surface area contributed by atoms with Gasteiger partial charge in [0.2, 0.25) is 0 Å². The summed E-state index contributed by atoms with van der Waals surface area (Å²) in [6.45, 7) is -0.163. The van der Waals surface area contributed by atoms with Gasteiger partial charge < -0.3 is 19.4 Å². The van der Waals surface area contributed by atoms with Crippen LogP contribution < -0.4 is 5.32 Å². The van der Waals surface area contributed by atoms with E-state index >= 15 is 0 Å². The number of rotatable bonds is 5. The van der Waals surface area contributed by atoms with Crippen LogP contribution in [0.4, 0.5) is 5.69 Å². The van der Waals surface area contributed by atoms with E-state index in [0.717, 1.165) is 4.90 Å². The molecule has 31 heavy (non-hydrogen) atoms. The van der Waals surface area contributed by atoms with Crippen LogP contribution in [-0.2, 0) is 14.3 Å². The Bertz CT molecular complexity index is 1080. The highest BCUT2D eigenvalue weighted by Gasteiger charge is 2.37. The van der Waals surface area contributed by atoms with Crippen LogP contribution in [0.2, 0.25) is 0 Å². The number of hydrogen-bond acceptors (Lipinski definition) is 7. The summed E-state index contributed by atoms with van der Waals surface area (Å²) in [7, 11) is 1.38. The average Bonchev–Trinajstić information content (AvgIpc) is 3.51. The molecule has 3 heterocycles. The maximum atomic E-state index is 12.5. The van der Waals surface area contributed by atoms with Crippen LogP contribution in [0.25, 0.3) is 0 Å². The number of ether oxygens (including phenoxy) is 1. The van der Waals surface area contributed by atoms with Crippen molar-refractivity contribution in [1.82, 2.24) is 9.80 Å². The Hall–Kier alpha value is -3.95. The lowest BCUT2D eigenvalue weighted by Crippen LogP contribution is -2.42. The lowest BCUT2D eigenvalue weighted by molar-refractivity contribution is -0.151. The van der Waals surface area contributed by atoms with Crippen molar-refractivity contribution in [2.24, 2.45) is 0 Å². The molecule has 2 aliphatic heterocycles. The van der Waals surface area contributed by atoms with Crippen molar-refractivity contribution in [3.05, 3.63) is 53.5 Å². The van der Waals surface area contributed by atoms with Gasteiger partial charge in [-0.1, -0.05) is 0 Å². The first-order chi connectivity index (χ1) is 14.9. The first-order valence-corrected chi connectivity index (χ1v) is 9.64. The Kier molecular flexibility index (Phi) is 5.28. The van der Waals surface area contributed by atoms with Crippen LogP contribution in [0.3, 0.4) is 0 Å². The lowest BCUT2D eigenvalue weighted by atomic mass is 10.1. The van der Waals surface area contributed by atoms with Crippen molar-refractivity contribution < 1.29 is 33.1 Å². The van der Waals surface area contributed by atoms with Gasteiger partial charge in [-0.25, -0.2) is 4.79 Å². The molecule has 0 unspecified atom stereocenters. The van der Waals surface area contributed by atoms with Crippen LogP contribution in [0, 0.1) is 0 Å². The van der Waals surface area contributed by atoms with Crippen LogP contribution in [-0.4, -0.2) is 65.6 Å². The van der Waals surface area contributed by atoms with Gasteiger partial charge in [0.1, 0.15) is 6.04 Å². The summed E-state index contributed by atoms with van der Waals surface area (Å²) in [6, 6.07) is 6.66. The number of fused-ring (bicyclic) bond motifs is 1. The van der Waals surface area contributed by atoms with Crippen LogP contribution in [0.1, 0.15) is 44.1 Å². The second-order valence-corrected chi connectivity index (χ2v) is 7.22. The van der Waals surface area contributed by atoms with Crippen molar-refractivity contribution in [3.63, 3.8) is 0 Å². The van der Waals surface area contributed by atoms with Crippen molar-refractivity contribution >= 4 is 35.3 Å². The van der Waals surface area contributed by atoms with E-state index in [0.29, 0.717) is 25.1 Å². The number of carbonyl (C=O) groups is 5. The van der Waals surface area contributed by atoms with E-state index in [1.807, 2.05) is 0 Å². The van der Waals surface area contributed by atoms with Gasteiger partial charge in [-0.15, -0.1) is 0 Å². The van der Waals surface area contributed by atoms with Gasteiger partial charge in [-0.05, 0) is 43.2 Å². The van der Waals surface area contributed by atoms with E-state index in [-0.39, 0.29) is 16.9 Å². The fourth-order valence-electron chi connectivity index (χ4n) is 3.67. The third-order valence-corrected chi connectivity index (χ3v) is 5.24. The monoisotopic (exact) mass is 425 g/mol. The van der Waals surface area contributed by atoms with E-state index in [2.05, 4.69) is 5.32 Å². The fraction of sp³-hybridized carbons (Fsp3) is 0.286. The largest absolute Gasteiger partial charge is 0.459 e. The molecule has 1 aromatic heterocycles. The van der Waals surface area contributed by atoms with Crippen molar-refractivity contribution in [1.29, 1.82) is 0 Å². The van der Waals surface area contributed by atoms with E-state index in [1.54, 1.807) is 6.07 Å². The maximum Gasteiger partial charge on any atom is 0.329 e. The van der Waals surface area contributed by atoms with Crippen LogP contribution >= 0.6 is 0 Å². The van der Waals surface area contributed by atoms with Gasteiger partial charge in [0.25, 0.3) is 23.6 Å². The summed E-state index contributed by atoms with van der Waals surface area (Å²) < 4.78 is 10.2. The molecule has 10 heteroatoms. The van der Waals surface area contributed by atoms with Gasteiger partial charge >= 0.3 is 5.97 Å². The Labute approximate surface area is 176 Å². The van der Waals surface area contributed by atoms with Crippen LogP contribution in [0.15, 0.2) is 41.0 Å². The Morgan fingerprint density at radius 3 is 2.68 bits per heavy atom. The number of carbonyl (C=O) groups excluding carboxylic acids is 5. The molecular formula is C21H19N3O7. The Balaban J connectivity index is 1.34. The highest BCUT2D eigenvalue weighted by Crippen LogP contribution is 2.25. The topological polar surface area (TPSA) is 126 Å². The van der Waals surface area contributed by atoms with Gasteiger partial charge in [-0.3, -0.25) is 24.1 Å². The molecule has 2 aromatic rings. The molecule has 2 aliphatic rings. The second kappa shape index (κ2) is 8.05. The van der Waals surface area contributed by atoms with Crippen molar-refractivity contribution in [3.8, 4) is 0 Å². The molecule has 1 aromatic carbocycles. The van der Waals surface area contributed by atoms with Gasteiger partial charge in [0.15, 0.2) is 12.4 Å². The molecule has 1 atom stereocenters. The fourth-order valence-corrected chi connectivity index (χ4v) is 3.67. The Morgan fingerprint density at radius 2 is 1.94 bits per heavy atom. The summed E-state index contributed by atoms with van der Waals surface area (Å²) in [5.74, 6) is -2.42. The summed E-state index contributed by atoms with van der Waals surface area (Å²) in [5.41, 5.74) is 0.756. The molecule has 0 saturated carbocycles. The first-order valence-electron chi connectivity index (χ1n) is 9.64. The molecule has 0 bridgehead atoms. The average molecular weight is 425 g/mol. The molecule has 160 valence electrons. The summed E-state index contributed by atoms with van der Waals surface area (Å²) in [4.78, 5) is 63.4. The minimum absolute atomic E-state index is 0.132. The zero-order valence-electron chi connectivity index (χ0n) is 16.6. The number of hydrogen-bond donors (Lipinski definition) is 1. The molecule has 10 nitrogen and oxygen atoms in total. The third-order valence-electron chi connectivity index (χ3n) is 5.24. The Morgan fingerprint density at radius 1 is 1.16 bits per heavy atom. The molecule has 1 fully saturated rings. The van der Waals surface area contributed by atoms with E-state index in [9.17, 15) is 24.0 Å². The molecule has 0 radical (unpaired) electrons. The number of anilines is 1. The number of likely N-dealkylation sites (tertiary alicyclic amines) is 1. The SMILES string of the molecule is CN1C(=O)c2ccc(NC(=O)COC(=O)[C@@H]3CCCN3C(=O)c3ccco3)cc2C1=O. The normalized spacial score (nSPS) is 17.6. The number of esters is 1. The molecular weight excluding hydrogens is 406 g/mol. The molecule has 1 saturated heterocycles. The molecule has 4 rings (SSSR count). The molecule has 1 N–H and O–H groups in total. The van der Waals surface area contributed by atoms with E-state index in [4.69, 9.17) is 9.15 Å². The molecule has 4 amide bonds. The second-order valence-electron chi connectivity index (χ2n) is 7.22. The number of imide groups is 1. The number of amides is 4. The lowest BCUT2D eigenvalue weighted by Gasteiger charge is -2.22. The number of benzene rings is 1. The summed E-state index contributed by atoms with van der Waals surface area (Å²) >= 11 is 0. The highest BCUT2D eigenvalue weighted by atomic mass is 16.5. The number of furan rings is 1. The molecule has 0 aliphatic carbocycles. The predicted octanol–water partition coefficient (Wildman–Crippen LogP) is 1.29. The minimum Gasteiger partial charge on any atom is -0.459 e. The van der Waals surface area contributed by atoms with E-state index < -0.39 is 42.2 Å². The zero-order chi connectivity index (χ0) is 22.1. The number of nitrogens with one attached hydrogen (secondary N) is 1. The van der Waals surface area contributed by atoms with E-state index in [1.165, 1.54) is 42.5 Å². The smallest absolute Gasteiger partial charge is 0.329 e.